The molecule has 3 aromatic heterocycles. The molecule has 0 aromatic carbocycles. The first-order valence-corrected chi connectivity index (χ1v) is 7.05. The van der Waals surface area contributed by atoms with Crippen LogP contribution in [-0.4, -0.2) is 18.9 Å². The van der Waals surface area contributed by atoms with Crippen molar-refractivity contribution in [2.24, 2.45) is 0 Å². The van der Waals surface area contributed by atoms with Crippen LogP contribution in [0.2, 0.25) is 5.15 Å². The molecular formula is C13H10ClFN4S. The van der Waals surface area contributed by atoms with Crippen LogP contribution in [0, 0.1) is 0 Å². The van der Waals surface area contributed by atoms with Crippen LogP contribution >= 0.6 is 23.9 Å². The van der Waals surface area contributed by atoms with Crippen LogP contribution in [0.4, 0.5) is 3.89 Å². The molecule has 0 aliphatic rings. The lowest BCUT2D eigenvalue weighted by Gasteiger charge is -2.04. The SMILES string of the molecule is CCc1cc(-c2cc3cnc(Cl)cc3n2SF)ncn1. The van der Waals surface area contributed by atoms with E-state index in [1.807, 2.05) is 19.1 Å². The van der Waals surface area contributed by atoms with Gasteiger partial charge in [-0.2, -0.15) is 0 Å². The van der Waals surface area contributed by atoms with Crippen LogP contribution in [0.1, 0.15) is 12.6 Å². The van der Waals surface area contributed by atoms with Crippen molar-refractivity contribution in [2.75, 3.05) is 0 Å². The topological polar surface area (TPSA) is 43.6 Å². The molecule has 0 spiro atoms. The minimum atomic E-state index is 0.118. The Morgan fingerprint density at radius 1 is 1.25 bits per heavy atom. The normalized spacial score (nSPS) is 11.2. The van der Waals surface area contributed by atoms with Gasteiger partial charge < -0.3 is 0 Å². The Balaban J connectivity index is 2.24. The predicted molar refractivity (Wildman–Crippen MR) is 79.2 cm³/mol. The fourth-order valence-corrected chi connectivity index (χ4v) is 2.64. The molecule has 3 aromatic rings. The average Bonchev–Trinajstić information content (AvgIpc) is 2.85. The zero-order valence-electron chi connectivity index (χ0n) is 10.5. The summed E-state index contributed by atoms with van der Waals surface area (Å²) in [5.41, 5.74) is 2.92. The molecule has 20 heavy (non-hydrogen) atoms. The standard InChI is InChI=1S/C13H10ClFN4S/c1-2-9-4-10(18-7-17-9)12-3-8-6-16-13(14)5-11(8)19(12)20-15/h3-7H,2H2,1H3. The quantitative estimate of drug-likeness (QED) is 0.684. The van der Waals surface area contributed by atoms with Gasteiger partial charge in [-0.1, -0.05) is 18.5 Å². The van der Waals surface area contributed by atoms with Crippen molar-refractivity contribution in [2.45, 2.75) is 13.3 Å². The van der Waals surface area contributed by atoms with Gasteiger partial charge >= 0.3 is 0 Å². The van der Waals surface area contributed by atoms with Gasteiger partial charge in [-0.05, 0) is 18.6 Å². The molecule has 4 nitrogen and oxygen atoms in total. The highest BCUT2D eigenvalue weighted by molar-refractivity contribution is 7.93. The van der Waals surface area contributed by atoms with E-state index in [2.05, 4.69) is 15.0 Å². The van der Waals surface area contributed by atoms with Gasteiger partial charge in [0.2, 0.25) is 0 Å². The molecule has 0 radical (unpaired) electrons. The van der Waals surface area contributed by atoms with Gasteiger partial charge in [0.05, 0.1) is 16.9 Å². The summed E-state index contributed by atoms with van der Waals surface area (Å²) in [6, 6.07) is 5.33. The minimum absolute atomic E-state index is 0.118. The molecule has 0 saturated carbocycles. The maximum atomic E-state index is 13.3. The monoisotopic (exact) mass is 308 g/mol. The van der Waals surface area contributed by atoms with E-state index in [0.717, 1.165) is 17.5 Å². The van der Waals surface area contributed by atoms with Crippen LogP contribution in [-0.2, 0) is 6.42 Å². The van der Waals surface area contributed by atoms with Crippen molar-refractivity contribution >= 4 is 34.8 Å². The highest BCUT2D eigenvalue weighted by Gasteiger charge is 2.14. The summed E-state index contributed by atoms with van der Waals surface area (Å²) in [4.78, 5) is 12.4. The number of aryl methyl sites for hydroxylation is 1. The smallest absolute Gasteiger partial charge is 0.170 e. The molecule has 0 bridgehead atoms. The van der Waals surface area contributed by atoms with Gasteiger partial charge in [0, 0.05) is 23.3 Å². The summed E-state index contributed by atoms with van der Waals surface area (Å²) in [5.74, 6) is 0. The molecule has 0 N–H and O–H groups in total. The Bertz CT molecular complexity index is 774. The molecule has 0 aliphatic heterocycles. The first-order valence-electron chi connectivity index (χ1n) is 6.00. The summed E-state index contributed by atoms with van der Waals surface area (Å²) in [5, 5.41) is 1.14. The molecule has 3 heterocycles. The molecular weight excluding hydrogens is 299 g/mol. The Morgan fingerprint density at radius 3 is 2.85 bits per heavy atom. The number of pyridine rings is 1. The number of aromatic nitrogens is 4. The summed E-state index contributed by atoms with van der Waals surface area (Å²) in [6.45, 7) is 2.01. The molecule has 0 unspecified atom stereocenters. The second-order valence-corrected chi connectivity index (χ2v) is 5.10. The van der Waals surface area contributed by atoms with Gasteiger partial charge in [-0.3, -0.25) is 3.97 Å². The van der Waals surface area contributed by atoms with Crippen molar-refractivity contribution in [3.8, 4) is 11.4 Å². The number of hydrogen-bond acceptors (Lipinski definition) is 4. The lowest BCUT2D eigenvalue weighted by Crippen LogP contribution is -1.94. The Kier molecular flexibility index (Phi) is 3.58. The van der Waals surface area contributed by atoms with E-state index < -0.39 is 0 Å². The van der Waals surface area contributed by atoms with Crippen LogP contribution in [0.3, 0.4) is 0 Å². The second kappa shape index (κ2) is 5.38. The van der Waals surface area contributed by atoms with Gasteiger partial charge in [-0.25, -0.2) is 15.0 Å². The van der Waals surface area contributed by atoms with Crippen LogP contribution in [0.25, 0.3) is 22.3 Å². The molecule has 7 heteroatoms. The van der Waals surface area contributed by atoms with Crippen molar-refractivity contribution in [1.82, 2.24) is 18.9 Å². The molecule has 0 amide bonds. The highest BCUT2D eigenvalue weighted by Crippen LogP contribution is 2.32. The van der Waals surface area contributed by atoms with Gasteiger partial charge in [0.25, 0.3) is 0 Å². The number of rotatable bonds is 3. The number of halogens is 2. The third kappa shape index (κ3) is 2.25. The fourth-order valence-electron chi connectivity index (χ4n) is 2.04. The molecule has 0 saturated heterocycles. The lowest BCUT2D eigenvalue weighted by atomic mass is 10.2. The second-order valence-electron chi connectivity index (χ2n) is 4.21. The number of fused-ring (bicyclic) bond motifs is 1. The lowest BCUT2D eigenvalue weighted by molar-refractivity contribution is 0.920. The molecule has 0 fully saturated rings. The maximum absolute atomic E-state index is 13.3. The van der Waals surface area contributed by atoms with Crippen molar-refractivity contribution in [3.05, 3.63) is 41.6 Å². The molecule has 0 atom stereocenters. The zero-order valence-corrected chi connectivity index (χ0v) is 12.1. The van der Waals surface area contributed by atoms with E-state index in [9.17, 15) is 3.89 Å². The Hall–Kier alpha value is -1.66. The summed E-state index contributed by atoms with van der Waals surface area (Å²) < 4.78 is 14.8. The first kappa shape index (κ1) is 13.3. The highest BCUT2D eigenvalue weighted by atomic mass is 35.5. The van der Waals surface area contributed by atoms with Gasteiger partial charge in [0.15, 0.2) is 12.3 Å². The Labute approximate surface area is 124 Å². The van der Waals surface area contributed by atoms with Crippen LogP contribution in [0.15, 0.2) is 30.7 Å². The fraction of sp³-hybridized carbons (Fsp3) is 0.154. The number of hydrogen-bond donors (Lipinski definition) is 0. The maximum Gasteiger partial charge on any atom is 0.170 e. The van der Waals surface area contributed by atoms with E-state index >= 15 is 0 Å². The average molecular weight is 309 g/mol. The largest absolute Gasteiger partial charge is 0.254 e. The van der Waals surface area contributed by atoms with E-state index in [-0.39, 0.29) is 12.3 Å². The van der Waals surface area contributed by atoms with E-state index in [1.165, 1.54) is 10.3 Å². The summed E-state index contributed by atoms with van der Waals surface area (Å²) in [7, 11) is 0. The Morgan fingerprint density at radius 2 is 2.10 bits per heavy atom. The van der Waals surface area contributed by atoms with Gasteiger partial charge in [0.1, 0.15) is 11.5 Å². The van der Waals surface area contributed by atoms with Crippen molar-refractivity contribution < 1.29 is 3.89 Å². The van der Waals surface area contributed by atoms with Gasteiger partial charge in [-0.15, -0.1) is 3.89 Å². The molecule has 3 rings (SSSR count). The number of nitrogens with zero attached hydrogens (tertiary/aromatic N) is 4. The third-order valence-electron chi connectivity index (χ3n) is 3.03. The predicted octanol–water partition coefficient (Wildman–Crippen LogP) is 4.09. The zero-order chi connectivity index (χ0) is 14.1. The third-order valence-corrected chi connectivity index (χ3v) is 3.76. The van der Waals surface area contributed by atoms with Crippen LogP contribution < -0.4 is 0 Å². The van der Waals surface area contributed by atoms with Crippen molar-refractivity contribution in [3.63, 3.8) is 0 Å². The van der Waals surface area contributed by atoms with Crippen molar-refractivity contribution in [1.29, 1.82) is 0 Å². The molecule has 102 valence electrons. The van der Waals surface area contributed by atoms with E-state index in [0.29, 0.717) is 22.1 Å². The summed E-state index contributed by atoms with van der Waals surface area (Å²) >= 11 is 5.99. The van der Waals surface area contributed by atoms with Crippen LogP contribution in [0.5, 0.6) is 0 Å². The molecule has 0 aliphatic carbocycles. The van der Waals surface area contributed by atoms with E-state index in [1.54, 1.807) is 12.3 Å². The minimum Gasteiger partial charge on any atom is -0.254 e. The summed E-state index contributed by atoms with van der Waals surface area (Å²) in [6.07, 6.45) is 3.91. The van der Waals surface area contributed by atoms with E-state index in [4.69, 9.17) is 11.6 Å². The first-order chi connectivity index (χ1) is 9.72.